The number of carbonyl (C=O) groups excluding carboxylic acids is 2. The molecule has 0 unspecified atom stereocenters. The second kappa shape index (κ2) is 7.82. The third-order valence-electron chi connectivity index (χ3n) is 4.42. The number of hydrogen-bond donors (Lipinski definition) is 2. The predicted molar refractivity (Wildman–Crippen MR) is 99.1 cm³/mol. The standard InChI is InChI=1S/C20H15ClFNO5/c21-12-7-5-11(6-8-12)18(26)16-17(13-3-1-2-4-14(13)22)23(10-9-15(24)25)20(28)19(16)27/h1-8,17,26H,9-10H2,(H,24,25)/t17-/m0/s1. The normalized spacial score (nSPS) is 18.5. The summed E-state index contributed by atoms with van der Waals surface area (Å²) in [4.78, 5) is 37.1. The number of benzene rings is 2. The summed E-state index contributed by atoms with van der Waals surface area (Å²) in [5.41, 5.74) is -0.0904. The Morgan fingerprint density at radius 3 is 2.32 bits per heavy atom. The lowest BCUT2D eigenvalue weighted by Gasteiger charge is -2.25. The SMILES string of the molecule is O=C(O)CCN1C(=O)C(=O)C(=C(O)c2ccc(Cl)cc2)[C@@H]1c1ccccc1F. The van der Waals surface area contributed by atoms with Crippen molar-refractivity contribution in [1.29, 1.82) is 0 Å². The number of carboxylic acids is 1. The maximum atomic E-state index is 14.5. The van der Waals surface area contributed by atoms with Gasteiger partial charge in [0.1, 0.15) is 11.6 Å². The highest BCUT2D eigenvalue weighted by atomic mass is 35.5. The van der Waals surface area contributed by atoms with Crippen molar-refractivity contribution in [1.82, 2.24) is 4.90 Å². The van der Waals surface area contributed by atoms with E-state index in [0.29, 0.717) is 5.02 Å². The van der Waals surface area contributed by atoms with Gasteiger partial charge in [-0.3, -0.25) is 14.4 Å². The highest BCUT2D eigenvalue weighted by Crippen LogP contribution is 2.40. The van der Waals surface area contributed by atoms with Crippen molar-refractivity contribution in [3.63, 3.8) is 0 Å². The topological polar surface area (TPSA) is 94.9 Å². The van der Waals surface area contributed by atoms with Crippen LogP contribution in [0, 0.1) is 5.82 Å². The molecule has 0 spiro atoms. The van der Waals surface area contributed by atoms with E-state index >= 15 is 0 Å². The number of carboxylic acid groups (broad SMARTS) is 1. The van der Waals surface area contributed by atoms with Crippen LogP contribution in [0.1, 0.15) is 23.6 Å². The lowest BCUT2D eigenvalue weighted by molar-refractivity contribution is -0.142. The molecule has 0 aromatic heterocycles. The molecule has 1 aliphatic heterocycles. The van der Waals surface area contributed by atoms with Gasteiger partial charge in [0.25, 0.3) is 11.7 Å². The number of rotatable bonds is 5. The van der Waals surface area contributed by atoms with Gasteiger partial charge in [0.05, 0.1) is 18.0 Å². The van der Waals surface area contributed by atoms with Crippen LogP contribution in [0.5, 0.6) is 0 Å². The zero-order valence-electron chi connectivity index (χ0n) is 14.4. The number of amides is 1. The van der Waals surface area contributed by atoms with Gasteiger partial charge in [-0.25, -0.2) is 4.39 Å². The van der Waals surface area contributed by atoms with Crippen molar-refractivity contribution >= 4 is 35.0 Å². The van der Waals surface area contributed by atoms with Crippen LogP contribution in [0.25, 0.3) is 5.76 Å². The molecule has 2 N–H and O–H groups in total. The van der Waals surface area contributed by atoms with E-state index in [-0.39, 0.29) is 23.2 Å². The number of aliphatic hydroxyl groups is 1. The van der Waals surface area contributed by atoms with Crippen molar-refractivity contribution in [3.8, 4) is 0 Å². The van der Waals surface area contributed by atoms with Crippen LogP contribution in [0.2, 0.25) is 5.02 Å². The Morgan fingerprint density at radius 1 is 1.07 bits per heavy atom. The fraction of sp³-hybridized carbons (Fsp3) is 0.150. The third-order valence-corrected chi connectivity index (χ3v) is 4.68. The van der Waals surface area contributed by atoms with Crippen molar-refractivity contribution in [3.05, 3.63) is 76.1 Å². The summed E-state index contributed by atoms with van der Waals surface area (Å²) in [6.07, 6.45) is -0.432. The molecule has 6 nitrogen and oxygen atoms in total. The molecule has 1 aliphatic rings. The molecule has 2 aromatic carbocycles. The zero-order chi connectivity index (χ0) is 20.4. The second-order valence-corrected chi connectivity index (χ2v) is 6.60. The summed E-state index contributed by atoms with van der Waals surface area (Å²) in [6.45, 7) is -0.309. The number of nitrogens with zero attached hydrogens (tertiary/aromatic N) is 1. The van der Waals surface area contributed by atoms with Gasteiger partial charge in [-0.05, 0) is 30.3 Å². The fourth-order valence-corrected chi connectivity index (χ4v) is 3.24. The molecule has 1 fully saturated rings. The van der Waals surface area contributed by atoms with Crippen molar-refractivity contribution in [2.75, 3.05) is 6.54 Å². The second-order valence-electron chi connectivity index (χ2n) is 6.16. The van der Waals surface area contributed by atoms with Gasteiger partial charge < -0.3 is 15.1 Å². The van der Waals surface area contributed by atoms with Gasteiger partial charge in [-0.15, -0.1) is 0 Å². The molecule has 1 atom stereocenters. The van der Waals surface area contributed by atoms with Crippen LogP contribution in [0.3, 0.4) is 0 Å². The molecule has 0 saturated carbocycles. The van der Waals surface area contributed by atoms with Crippen LogP contribution in [-0.2, 0) is 14.4 Å². The molecule has 2 aromatic rings. The Kier molecular flexibility index (Phi) is 5.46. The van der Waals surface area contributed by atoms with Gasteiger partial charge >= 0.3 is 5.97 Å². The summed E-state index contributed by atoms with van der Waals surface area (Å²) in [6, 6.07) is 10.2. The molecule has 1 heterocycles. The molecule has 0 bridgehead atoms. The highest BCUT2D eigenvalue weighted by Gasteiger charge is 2.46. The molecule has 144 valence electrons. The molecular formula is C20H15ClFNO5. The summed E-state index contributed by atoms with van der Waals surface area (Å²) in [7, 11) is 0. The van der Waals surface area contributed by atoms with Crippen LogP contribution < -0.4 is 0 Å². The monoisotopic (exact) mass is 403 g/mol. The van der Waals surface area contributed by atoms with Crippen LogP contribution in [0.4, 0.5) is 4.39 Å². The molecule has 1 saturated heterocycles. The maximum Gasteiger partial charge on any atom is 0.305 e. The first-order valence-electron chi connectivity index (χ1n) is 8.32. The number of halogens is 2. The first kappa shape index (κ1) is 19.6. The van der Waals surface area contributed by atoms with Crippen molar-refractivity contribution in [2.24, 2.45) is 0 Å². The van der Waals surface area contributed by atoms with Gasteiger partial charge in [0.2, 0.25) is 0 Å². The summed E-state index contributed by atoms with van der Waals surface area (Å²) < 4.78 is 14.5. The molecular weight excluding hydrogens is 389 g/mol. The number of Topliss-reactive ketones (excluding diaryl/α,β-unsaturated/α-hetero) is 1. The number of carbonyl (C=O) groups is 3. The summed E-state index contributed by atoms with van der Waals surface area (Å²) in [5.74, 6) is -4.35. The van der Waals surface area contributed by atoms with E-state index in [9.17, 15) is 23.9 Å². The minimum absolute atomic E-state index is 0.0115. The molecule has 1 amide bonds. The average molecular weight is 404 g/mol. The Morgan fingerprint density at radius 2 is 1.71 bits per heavy atom. The van der Waals surface area contributed by atoms with E-state index in [4.69, 9.17) is 16.7 Å². The summed E-state index contributed by atoms with van der Waals surface area (Å²) in [5, 5.41) is 20.1. The largest absolute Gasteiger partial charge is 0.507 e. The lowest BCUT2D eigenvalue weighted by Crippen LogP contribution is -2.32. The minimum atomic E-state index is -1.24. The molecule has 0 aliphatic carbocycles. The number of aliphatic carboxylic acids is 1. The predicted octanol–water partition coefficient (Wildman–Crippen LogP) is 3.38. The highest BCUT2D eigenvalue weighted by molar-refractivity contribution is 6.46. The Bertz CT molecular complexity index is 986. The third kappa shape index (κ3) is 3.61. The number of aliphatic hydroxyl groups excluding tert-OH is 1. The van der Waals surface area contributed by atoms with E-state index < -0.39 is 41.7 Å². The molecule has 0 radical (unpaired) electrons. The maximum absolute atomic E-state index is 14.5. The quantitative estimate of drug-likeness (QED) is 0.453. The van der Waals surface area contributed by atoms with Crippen LogP contribution in [-0.4, -0.2) is 39.3 Å². The number of likely N-dealkylation sites (tertiary alicyclic amines) is 1. The van der Waals surface area contributed by atoms with Crippen molar-refractivity contribution < 1.29 is 29.0 Å². The molecule has 8 heteroatoms. The van der Waals surface area contributed by atoms with E-state index in [2.05, 4.69) is 0 Å². The zero-order valence-corrected chi connectivity index (χ0v) is 15.2. The number of hydrogen-bond acceptors (Lipinski definition) is 4. The first-order chi connectivity index (χ1) is 13.3. The smallest absolute Gasteiger partial charge is 0.305 e. The van der Waals surface area contributed by atoms with E-state index in [1.165, 1.54) is 42.5 Å². The van der Waals surface area contributed by atoms with Gasteiger partial charge in [-0.2, -0.15) is 0 Å². The lowest BCUT2D eigenvalue weighted by atomic mass is 9.95. The average Bonchev–Trinajstić information content (AvgIpc) is 2.91. The minimum Gasteiger partial charge on any atom is -0.507 e. The number of ketones is 1. The summed E-state index contributed by atoms with van der Waals surface area (Å²) >= 11 is 5.84. The van der Waals surface area contributed by atoms with E-state index in [1.54, 1.807) is 0 Å². The molecule has 28 heavy (non-hydrogen) atoms. The first-order valence-corrected chi connectivity index (χ1v) is 8.69. The van der Waals surface area contributed by atoms with Gasteiger partial charge in [0, 0.05) is 22.7 Å². The van der Waals surface area contributed by atoms with Crippen LogP contribution in [0.15, 0.2) is 54.1 Å². The van der Waals surface area contributed by atoms with E-state index in [0.717, 1.165) is 11.0 Å². The van der Waals surface area contributed by atoms with E-state index in [1.807, 2.05) is 0 Å². The Labute approximate surface area is 164 Å². The molecule has 3 rings (SSSR count). The van der Waals surface area contributed by atoms with Crippen molar-refractivity contribution in [2.45, 2.75) is 12.5 Å². The van der Waals surface area contributed by atoms with Gasteiger partial charge in [0.15, 0.2) is 0 Å². The fourth-order valence-electron chi connectivity index (χ4n) is 3.11. The Hall–Kier alpha value is -3.19. The van der Waals surface area contributed by atoms with Crippen LogP contribution >= 0.6 is 11.6 Å². The van der Waals surface area contributed by atoms with Gasteiger partial charge in [-0.1, -0.05) is 29.8 Å². The Balaban J connectivity index is 2.18.